The minimum atomic E-state index is -5.26. The van der Waals surface area contributed by atoms with Crippen LogP contribution in [0.4, 0.5) is 30.7 Å². The van der Waals surface area contributed by atoms with Crippen LogP contribution in [0.3, 0.4) is 0 Å². The molecule has 0 heterocycles. The van der Waals surface area contributed by atoms with E-state index in [2.05, 4.69) is 0 Å². The normalized spacial score (nSPS) is 21.7. The second kappa shape index (κ2) is 7.28. The van der Waals surface area contributed by atoms with Gasteiger partial charge in [0, 0.05) is 0 Å². The Morgan fingerprint density at radius 3 is 2.19 bits per heavy atom. The molecule has 152 valence electrons. The number of halogens is 7. The van der Waals surface area contributed by atoms with Gasteiger partial charge in [-0.25, -0.2) is 17.5 Å². The molecule has 1 amide bonds. The van der Waals surface area contributed by atoms with Crippen LogP contribution in [0, 0.1) is 17.7 Å². The first-order valence-electron chi connectivity index (χ1n) is 7.73. The fraction of sp³-hybridized carbons (Fsp3) is 0.533. The summed E-state index contributed by atoms with van der Waals surface area (Å²) in [6.45, 7) is 0. The second-order valence-corrected chi connectivity index (χ2v) is 7.80. The van der Waals surface area contributed by atoms with Crippen LogP contribution in [0.1, 0.15) is 31.2 Å². The Morgan fingerprint density at radius 2 is 1.63 bits per heavy atom. The van der Waals surface area contributed by atoms with Crippen LogP contribution in [0.2, 0.25) is 0 Å². The lowest BCUT2D eigenvalue weighted by atomic mass is 9.78. The van der Waals surface area contributed by atoms with Crippen LogP contribution in [0.5, 0.6) is 0 Å². The predicted molar refractivity (Wildman–Crippen MR) is 78.2 cm³/mol. The molecule has 4 nitrogen and oxygen atoms in total. The highest BCUT2D eigenvalue weighted by atomic mass is 32.2. The van der Waals surface area contributed by atoms with Crippen molar-refractivity contribution in [3.63, 3.8) is 0 Å². The number of carbonyl (C=O) groups excluding carboxylic acids is 1. The minimum Gasteiger partial charge on any atom is -0.274 e. The molecule has 0 spiro atoms. The van der Waals surface area contributed by atoms with Crippen molar-refractivity contribution >= 4 is 15.9 Å². The van der Waals surface area contributed by atoms with Gasteiger partial charge in [-0.2, -0.15) is 26.3 Å². The number of nitrogens with one attached hydrogen (secondary N) is 1. The number of rotatable bonds is 3. The summed E-state index contributed by atoms with van der Waals surface area (Å²) < 4.78 is 117. The number of alkyl halides is 6. The maximum absolute atomic E-state index is 13.1. The van der Waals surface area contributed by atoms with Crippen molar-refractivity contribution in [2.24, 2.45) is 11.8 Å². The molecule has 0 aliphatic heterocycles. The fourth-order valence-corrected chi connectivity index (χ4v) is 4.30. The van der Waals surface area contributed by atoms with Crippen molar-refractivity contribution in [3.05, 3.63) is 29.6 Å². The number of carbonyl (C=O) groups is 1. The molecule has 0 bridgehead atoms. The molecule has 0 saturated heterocycles. The molecule has 2 atom stereocenters. The van der Waals surface area contributed by atoms with Crippen molar-refractivity contribution < 1.29 is 43.9 Å². The summed E-state index contributed by atoms with van der Waals surface area (Å²) in [6.07, 6.45) is -10.2. The predicted octanol–water partition coefficient (Wildman–Crippen LogP) is 4.02. The molecule has 1 fully saturated rings. The number of amides is 1. The van der Waals surface area contributed by atoms with Crippen LogP contribution in [0.15, 0.2) is 23.1 Å². The lowest BCUT2D eigenvalue weighted by Gasteiger charge is -2.31. The first-order chi connectivity index (χ1) is 12.2. The van der Waals surface area contributed by atoms with E-state index in [1.165, 1.54) is 4.72 Å². The Kier molecular flexibility index (Phi) is 5.79. The summed E-state index contributed by atoms with van der Waals surface area (Å²) >= 11 is 0. The average Bonchev–Trinajstić information content (AvgIpc) is 2.52. The van der Waals surface area contributed by atoms with Crippen LogP contribution < -0.4 is 4.72 Å². The number of hydrogen-bond donors (Lipinski definition) is 1. The smallest absolute Gasteiger partial charge is 0.274 e. The third kappa shape index (κ3) is 4.90. The van der Waals surface area contributed by atoms with Gasteiger partial charge in [0.05, 0.1) is 22.3 Å². The fourth-order valence-electron chi connectivity index (χ4n) is 3.06. The van der Waals surface area contributed by atoms with E-state index in [9.17, 15) is 43.9 Å². The van der Waals surface area contributed by atoms with Crippen molar-refractivity contribution in [1.29, 1.82) is 0 Å². The third-order valence-electron chi connectivity index (χ3n) is 4.29. The zero-order chi connectivity index (χ0) is 20.6. The highest BCUT2D eigenvalue weighted by Gasteiger charge is 2.49. The van der Waals surface area contributed by atoms with Crippen molar-refractivity contribution in [1.82, 2.24) is 4.72 Å². The molecule has 1 aliphatic carbocycles. The summed E-state index contributed by atoms with van der Waals surface area (Å²) in [5.74, 6) is -6.72. The SMILES string of the molecule is O=C(NS(=O)(=O)c1ccc(F)cc1C(F)(F)F)C1CCCCC1C(F)(F)F. The Labute approximate surface area is 149 Å². The molecule has 2 unspecified atom stereocenters. The lowest BCUT2D eigenvalue weighted by molar-refractivity contribution is -0.197. The van der Waals surface area contributed by atoms with Crippen LogP contribution in [0.25, 0.3) is 0 Å². The van der Waals surface area contributed by atoms with Gasteiger partial charge in [-0.15, -0.1) is 0 Å². The summed E-state index contributed by atoms with van der Waals surface area (Å²) in [6, 6.07) is 0.668. The molecule has 0 radical (unpaired) electrons. The minimum absolute atomic E-state index is 0.0713. The van der Waals surface area contributed by atoms with Crippen LogP contribution in [-0.2, 0) is 21.0 Å². The first-order valence-corrected chi connectivity index (χ1v) is 9.22. The summed E-state index contributed by atoms with van der Waals surface area (Å²) in [5, 5.41) is 0. The highest BCUT2D eigenvalue weighted by molar-refractivity contribution is 7.90. The molecular weight excluding hydrogens is 407 g/mol. The zero-order valence-corrected chi connectivity index (χ0v) is 14.3. The Hall–Kier alpha value is -1.85. The topological polar surface area (TPSA) is 63.2 Å². The lowest BCUT2D eigenvalue weighted by Crippen LogP contribution is -2.44. The maximum Gasteiger partial charge on any atom is 0.417 e. The average molecular weight is 421 g/mol. The third-order valence-corrected chi connectivity index (χ3v) is 5.70. The first kappa shape index (κ1) is 21.5. The Morgan fingerprint density at radius 1 is 1.04 bits per heavy atom. The number of sulfonamides is 1. The largest absolute Gasteiger partial charge is 0.417 e. The summed E-state index contributed by atoms with van der Waals surface area (Å²) in [7, 11) is -5.16. The Balaban J connectivity index is 2.35. The van der Waals surface area contributed by atoms with E-state index in [0.29, 0.717) is 12.1 Å². The molecule has 2 rings (SSSR count). The molecule has 1 N–H and O–H groups in total. The van der Waals surface area contributed by atoms with Gasteiger partial charge in [0.25, 0.3) is 10.0 Å². The van der Waals surface area contributed by atoms with E-state index in [4.69, 9.17) is 0 Å². The van der Waals surface area contributed by atoms with Gasteiger partial charge < -0.3 is 0 Å². The molecule has 0 aromatic heterocycles. The van der Waals surface area contributed by atoms with E-state index in [-0.39, 0.29) is 31.7 Å². The van der Waals surface area contributed by atoms with E-state index in [1.54, 1.807) is 0 Å². The van der Waals surface area contributed by atoms with Crippen LogP contribution >= 0.6 is 0 Å². The van der Waals surface area contributed by atoms with E-state index >= 15 is 0 Å². The monoisotopic (exact) mass is 421 g/mol. The van der Waals surface area contributed by atoms with Crippen molar-refractivity contribution in [2.75, 3.05) is 0 Å². The summed E-state index contributed by atoms with van der Waals surface area (Å²) in [4.78, 5) is 10.7. The number of hydrogen-bond acceptors (Lipinski definition) is 3. The standard InChI is InChI=1S/C15H14F7NO3S/c16-8-5-6-12(11(7-8)15(20,21)22)27(25,26)23-13(24)9-3-1-2-4-10(9)14(17,18)19/h5-7,9-10H,1-4H2,(H,23,24). The molecule has 1 saturated carbocycles. The second-order valence-electron chi connectivity index (χ2n) is 6.15. The molecule has 1 aromatic rings. The molecule has 1 aromatic carbocycles. The molecular formula is C15H14F7NO3S. The number of benzene rings is 1. The summed E-state index contributed by atoms with van der Waals surface area (Å²) in [5.41, 5.74) is -1.86. The van der Waals surface area contributed by atoms with Crippen molar-refractivity contribution in [2.45, 2.75) is 42.9 Å². The molecule has 1 aliphatic rings. The Bertz CT molecular complexity index is 818. The maximum atomic E-state index is 13.1. The molecule has 12 heteroatoms. The van der Waals surface area contributed by atoms with Gasteiger partial charge >= 0.3 is 12.4 Å². The van der Waals surface area contributed by atoms with E-state index < -0.39 is 56.4 Å². The van der Waals surface area contributed by atoms with E-state index in [1.807, 2.05) is 0 Å². The van der Waals surface area contributed by atoms with Gasteiger partial charge in [0.2, 0.25) is 5.91 Å². The van der Waals surface area contributed by atoms with Gasteiger partial charge in [-0.1, -0.05) is 12.8 Å². The molecule has 27 heavy (non-hydrogen) atoms. The van der Waals surface area contributed by atoms with Gasteiger partial charge in [-0.3, -0.25) is 4.79 Å². The van der Waals surface area contributed by atoms with Crippen molar-refractivity contribution in [3.8, 4) is 0 Å². The van der Waals surface area contributed by atoms with E-state index in [0.717, 1.165) is 0 Å². The van der Waals surface area contributed by atoms with Gasteiger partial charge in [0.15, 0.2) is 0 Å². The highest BCUT2D eigenvalue weighted by Crippen LogP contribution is 2.42. The quantitative estimate of drug-likeness (QED) is 0.750. The van der Waals surface area contributed by atoms with Gasteiger partial charge in [0.1, 0.15) is 5.82 Å². The zero-order valence-electron chi connectivity index (χ0n) is 13.5. The van der Waals surface area contributed by atoms with Gasteiger partial charge in [-0.05, 0) is 31.0 Å². The van der Waals surface area contributed by atoms with Crippen LogP contribution in [-0.4, -0.2) is 20.5 Å².